The lowest BCUT2D eigenvalue weighted by Crippen LogP contribution is -2.04. The van der Waals surface area contributed by atoms with Gasteiger partial charge in [0.15, 0.2) is 5.78 Å². The second-order valence-electron chi connectivity index (χ2n) is 7.34. The first-order valence-corrected chi connectivity index (χ1v) is 13.7. The highest BCUT2D eigenvalue weighted by atomic mass is 32.1. The van der Waals surface area contributed by atoms with Gasteiger partial charge in [0.25, 0.3) is 0 Å². The molecule has 4 nitrogen and oxygen atoms in total. The highest BCUT2D eigenvalue weighted by Crippen LogP contribution is 2.45. The Balaban J connectivity index is 1.52. The minimum absolute atomic E-state index is 0.127. The first-order valence-electron chi connectivity index (χ1n) is 10.3. The molecule has 0 radical (unpaired) electrons. The molecule has 0 fully saturated rings. The zero-order chi connectivity index (χ0) is 22.9. The van der Waals surface area contributed by atoms with E-state index >= 15 is 0 Å². The lowest BCUT2D eigenvalue weighted by atomic mass is 10.1. The van der Waals surface area contributed by atoms with Crippen molar-refractivity contribution in [2.45, 2.75) is 19.8 Å². The lowest BCUT2D eigenvalue weighted by molar-refractivity contribution is -0.139. The Hall–Kier alpha value is -2.65. The maximum absolute atomic E-state index is 12.1. The van der Waals surface area contributed by atoms with E-state index in [1.165, 1.54) is 11.8 Å². The molecule has 0 aliphatic heterocycles. The molecule has 0 N–H and O–H groups in total. The van der Waals surface area contributed by atoms with Crippen LogP contribution in [0.3, 0.4) is 0 Å². The van der Waals surface area contributed by atoms with Crippen LogP contribution in [0.4, 0.5) is 0 Å². The molecule has 4 aromatic heterocycles. The molecule has 8 heteroatoms. The summed E-state index contributed by atoms with van der Waals surface area (Å²) >= 11 is 6.59. The number of thiophene rings is 3. The number of ketones is 1. The fourth-order valence-corrected chi connectivity index (χ4v) is 7.84. The quantitative estimate of drug-likeness (QED) is 0.166. The Kier molecular flexibility index (Phi) is 6.25. The number of esters is 1. The summed E-state index contributed by atoms with van der Waals surface area (Å²) < 4.78 is 6.10. The molecule has 0 atom stereocenters. The molecule has 5 aromatic rings. The Morgan fingerprint density at radius 3 is 2.55 bits per heavy atom. The molecule has 5 rings (SSSR count). The first-order chi connectivity index (χ1) is 16.1. The average Bonchev–Trinajstić information content (AvgIpc) is 3.62. The normalized spacial score (nSPS) is 11.2. The van der Waals surface area contributed by atoms with Gasteiger partial charge in [0.05, 0.1) is 28.6 Å². The van der Waals surface area contributed by atoms with Gasteiger partial charge in [0.1, 0.15) is 5.01 Å². The number of carbonyl (C=O) groups is 2. The number of hydrogen-bond acceptors (Lipinski definition) is 8. The minimum atomic E-state index is -0.275. The Morgan fingerprint density at radius 2 is 1.76 bits per heavy atom. The fraction of sp³-hybridized carbons (Fsp3) is 0.160. The topological polar surface area (TPSA) is 56.3 Å². The van der Waals surface area contributed by atoms with Gasteiger partial charge >= 0.3 is 5.97 Å². The van der Waals surface area contributed by atoms with Crippen molar-refractivity contribution in [3.8, 4) is 29.4 Å². The predicted octanol–water partition coefficient (Wildman–Crippen LogP) is 7.79. The minimum Gasteiger partial charge on any atom is -0.469 e. The lowest BCUT2D eigenvalue weighted by Gasteiger charge is -2.00. The summed E-state index contributed by atoms with van der Waals surface area (Å²) in [5.41, 5.74) is 2.67. The summed E-state index contributed by atoms with van der Waals surface area (Å²) in [4.78, 5) is 34.4. The molecule has 1 aromatic carbocycles. The molecule has 0 aliphatic carbocycles. The summed E-state index contributed by atoms with van der Waals surface area (Å²) in [6.07, 6.45) is 0.679. The third-order valence-corrected chi connectivity index (χ3v) is 9.97. The van der Waals surface area contributed by atoms with E-state index in [0.29, 0.717) is 6.42 Å². The van der Waals surface area contributed by atoms with Crippen LogP contribution in [0.15, 0.2) is 53.9 Å². The number of hydrogen-bond donors (Lipinski definition) is 0. The molecule has 0 saturated carbocycles. The van der Waals surface area contributed by atoms with Gasteiger partial charge in [-0.2, -0.15) is 0 Å². The van der Waals surface area contributed by atoms with Gasteiger partial charge in [-0.05, 0) is 42.0 Å². The summed E-state index contributed by atoms with van der Waals surface area (Å²) in [7, 11) is 1.40. The van der Waals surface area contributed by atoms with Crippen LogP contribution >= 0.6 is 45.3 Å². The third kappa shape index (κ3) is 4.44. The summed E-state index contributed by atoms with van der Waals surface area (Å²) in [6, 6.07) is 16.4. The van der Waals surface area contributed by atoms with Crippen LogP contribution in [0, 0.1) is 0 Å². The number of rotatable bonds is 7. The number of fused-ring (bicyclic) bond motifs is 1. The zero-order valence-corrected chi connectivity index (χ0v) is 21.2. The van der Waals surface area contributed by atoms with Gasteiger partial charge in [-0.3, -0.25) is 9.59 Å². The van der Waals surface area contributed by atoms with Crippen LogP contribution in [-0.2, 0) is 16.0 Å². The molecule has 33 heavy (non-hydrogen) atoms. The van der Waals surface area contributed by atoms with Crippen molar-refractivity contribution in [1.82, 2.24) is 4.98 Å². The number of methoxy groups -OCH3 is 1. The van der Waals surface area contributed by atoms with Crippen LogP contribution in [0.25, 0.3) is 39.6 Å². The number of ether oxygens (including phenoxy) is 1. The number of nitrogens with zero attached hydrogens (tertiary/aromatic N) is 1. The standard InChI is InChI=1S/C25H19NO3S4/c1-3-17(27)15-11-22(30-13-15)24-14(12-23(28)29-2)10-21(32-24)19-8-9-20(31-19)25-26-16-6-4-5-7-18(16)33-25/h4-11,13H,3,12H2,1-2H3. The second kappa shape index (κ2) is 9.30. The van der Waals surface area contributed by atoms with Crippen molar-refractivity contribution in [2.75, 3.05) is 7.11 Å². The van der Waals surface area contributed by atoms with Crippen LogP contribution in [0.5, 0.6) is 0 Å². The highest BCUT2D eigenvalue weighted by Gasteiger charge is 2.19. The van der Waals surface area contributed by atoms with Crippen LogP contribution in [0.2, 0.25) is 0 Å². The van der Waals surface area contributed by atoms with E-state index in [1.54, 1.807) is 45.3 Å². The molecule has 0 amide bonds. The van der Waals surface area contributed by atoms with Crippen molar-refractivity contribution in [3.05, 3.63) is 65.0 Å². The summed E-state index contributed by atoms with van der Waals surface area (Å²) in [5.74, 6) is -0.147. The maximum Gasteiger partial charge on any atom is 0.310 e. The Morgan fingerprint density at radius 1 is 0.939 bits per heavy atom. The van der Waals surface area contributed by atoms with Gasteiger partial charge in [-0.25, -0.2) is 4.98 Å². The largest absolute Gasteiger partial charge is 0.469 e. The van der Waals surface area contributed by atoms with Gasteiger partial charge in [0, 0.05) is 36.9 Å². The van der Waals surface area contributed by atoms with Crippen molar-refractivity contribution in [1.29, 1.82) is 0 Å². The second-order valence-corrected chi connectivity index (χ2v) is 11.4. The number of para-hydroxylation sites is 1. The van der Waals surface area contributed by atoms with E-state index in [-0.39, 0.29) is 18.2 Å². The molecule has 166 valence electrons. The fourth-order valence-electron chi connectivity index (χ4n) is 3.49. The molecular formula is C25H19NO3S4. The van der Waals surface area contributed by atoms with Gasteiger partial charge < -0.3 is 4.74 Å². The molecule has 0 spiro atoms. The number of benzene rings is 1. The summed E-state index contributed by atoms with van der Waals surface area (Å²) in [5, 5.41) is 2.92. The van der Waals surface area contributed by atoms with Crippen molar-refractivity contribution in [3.63, 3.8) is 0 Å². The van der Waals surface area contributed by atoms with Crippen LogP contribution in [-0.4, -0.2) is 23.8 Å². The van der Waals surface area contributed by atoms with E-state index in [4.69, 9.17) is 9.72 Å². The molecule has 0 unspecified atom stereocenters. The molecule has 0 saturated heterocycles. The maximum atomic E-state index is 12.1. The average molecular weight is 510 g/mol. The van der Waals surface area contributed by atoms with Crippen LogP contribution < -0.4 is 0 Å². The molecule has 0 bridgehead atoms. The number of carbonyl (C=O) groups excluding carboxylic acids is 2. The van der Waals surface area contributed by atoms with Gasteiger partial charge in [0.2, 0.25) is 0 Å². The molecule has 0 aliphatic rings. The Labute approximate surface area is 207 Å². The highest BCUT2D eigenvalue weighted by molar-refractivity contribution is 7.29. The molecule has 4 heterocycles. The summed E-state index contributed by atoms with van der Waals surface area (Å²) in [6.45, 7) is 1.87. The smallest absolute Gasteiger partial charge is 0.310 e. The van der Waals surface area contributed by atoms with Gasteiger partial charge in [-0.1, -0.05) is 19.1 Å². The van der Waals surface area contributed by atoms with E-state index < -0.39 is 0 Å². The van der Waals surface area contributed by atoms with E-state index in [2.05, 4.69) is 24.3 Å². The molecular weight excluding hydrogens is 491 g/mol. The van der Waals surface area contributed by atoms with E-state index in [9.17, 15) is 9.59 Å². The van der Waals surface area contributed by atoms with Crippen molar-refractivity contribution in [2.24, 2.45) is 0 Å². The van der Waals surface area contributed by atoms with E-state index in [1.807, 2.05) is 36.6 Å². The zero-order valence-electron chi connectivity index (χ0n) is 17.9. The number of aromatic nitrogens is 1. The SMILES string of the molecule is CCC(=O)c1csc(-c2sc(-c3ccc(-c4nc5ccccc5s4)s3)cc2CC(=O)OC)c1. The number of thiazole rings is 1. The predicted molar refractivity (Wildman–Crippen MR) is 140 cm³/mol. The number of Topliss-reactive ketones (excluding diaryl/α,β-unsaturated/α-hetero) is 1. The monoisotopic (exact) mass is 509 g/mol. The van der Waals surface area contributed by atoms with E-state index in [0.717, 1.165) is 46.0 Å². The first kappa shape index (κ1) is 22.2. The van der Waals surface area contributed by atoms with Gasteiger partial charge in [-0.15, -0.1) is 45.3 Å². The van der Waals surface area contributed by atoms with Crippen molar-refractivity contribution >= 4 is 67.3 Å². The van der Waals surface area contributed by atoms with Crippen LogP contribution in [0.1, 0.15) is 29.3 Å². The van der Waals surface area contributed by atoms with Crippen molar-refractivity contribution < 1.29 is 14.3 Å². The third-order valence-electron chi connectivity index (χ3n) is 5.19. The Bertz CT molecular complexity index is 1440.